The molecule has 1 rings (SSSR count). The van der Waals surface area contributed by atoms with Gasteiger partial charge in [0.05, 0.1) is 7.11 Å². The van der Waals surface area contributed by atoms with Gasteiger partial charge in [0.1, 0.15) is 18.7 Å². The van der Waals surface area contributed by atoms with Crippen molar-refractivity contribution in [3.63, 3.8) is 0 Å². The molecule has 7 heteroatoms. The maximum Gasteiger partial charge on any atom is 0.408 e. The average Bonchev–Trinajstić information content (AvgIpc) is 2.67. The number of rotatable bonds is 10. The van der Waals surface area contributed by atoms with E-state index in [0.29, 0.717) is 6.42 Å². The molecule has 0 aliphatic heterocycles. The van der Waals surface area contributed by atoms with Crippen LogP contribution in [0.15, 0.2) is 30.3 Å². The van der Waals surface area contributed by atoms with Crippen molar-refractivity contribution in [2.24, 2.45) is 5.92 Å². The fraction of sp³-hybridized carbons (Fsp3) is 0.550. The Labute approximate surface area is 160 Å². The van der Waals surface area contributed by atoms with Crippen LogP contribution in [0.1, 0.15) is 45.6 Å². The van der Waals surface area contributed by atoms with Crippen molar-refractivity contribution in [1.29, 1.82) is 0 Å². The van der Waals surface area contributed by atoms with Gasteiger partial charge in [-0.15, -0.1) is 0 Å². The molecule has 7 nitrogen and oxygen atoms in total. The van der Waals surface area contributed by atoms with E-state index in [1.807, 2.05) is 51.1 Å². The smallest absolute Gasteiger partial charge is 0.408 e. The Kier molecular flexibility index (Phi) is 9.93. The highest BCUT2D eigenvalue weighted by Crippen LogP contribution is 2.08. The van der Waals surface area contributed by atoms with E-state index in [2.05, 4.69) is 10.6 Å². The summed E-state index contributed by atoms with van der Waals surface area (Å²) in [6.07, 6.45) is 1.40. The average molecular weight is 378 g/mol. The van der Waals surface area contributed by atoms with Crippen molar-refractivity contribution >= 4 is 18.0 Å². The number of ether oxygens (including phenoxy) is 2. The minimum atomic E-state index is -0.779. The number of carbonyl (C=O) groups is 3. The van der Waals surface area contributed by atoms with Crippen molar-refractivity contribution in [2.75, 3.05) is 7.11 Å². The molecule has 0 saturated carbocycles. The van der Waals surface area contributed by atoms with Gasteiger partial charge < -0.3 is 20.1 Å². The van der Waals surface area contributed by atoms with Gasteiger partial charge in [0, 0.05) is 0 Å². The quantitative estimate of drug-likeness (QED) is 0.611. The molecule has 150 valence electrons. The van der Waals surface area contributed by atoms with Crippen LogP contribution in [0.4, 0.5) is 4.79 Å². The van der Waals surface area contributed by atoms with Gasteiger partial charge in [0.15, 0.2) is 0 Å². The number of methoxy groups -OCH3 is 1. The number of carbonyl (C=O) groups excluding carboxylic acids is 3. The van der Waals surface area contributed by atoms with Crippen LogP contribution in [0, 0.1) is 5.92 Å². The molecule has 0 heterocycles. The van der Waals surface area contributed by atoms with E-state index >= 15 is 0 Å². The molecule has 2 amide bonds. The molecular formula is C20H30N2O5. The van der Waals surface area contributed by atoms with Gasteiger partial charge in [-0.05, 0) is 17.9 Å². The van der Waals surface area contributed by atoms with E-state index in [1.54, 1.807) is 0 Å². The van der Waals surface area contributed by atoms with Gasteiger partial charge in [-0.2, -0.15) is 0 Å². The van der Waals surface area contributed by atoms with Gasteiger partial charge in [-0.3, -0.25) is 4.79 Å². The van der Waals surface area contributed by atoms with Crippen molar-refractivity contribution < 1.29 is 23.9 Å². The predicted molar refractivity (Wildman–Crippen MR) is 102 cm³/mol. The Bertz CT molecular complexity index is 604. The van der Waals surface area contributed by atoms with Crippen LogP contribution in [-0.4, -0.2) is 37.2 Å². The first kappa shape index (κ1) is 22.5. The van der Waals surface area contributed by atoms with E-state index in [0.717, 1.165) is 18.4 Å². The molecule has 0 aliphatic carbocycles. The van der Waals surface area contributed by atoms with Crippen molar-refractivity contribution in [1.82, 2.24) is 10.6 Å². The van der Waals surface area contributed by atoms with Crippen LogP contribution in [0.2, 0.25) is 0 Å². The van der Waals surface area contributed by atoms with Gasteiger partial charge in [0.25, 0.3) is 0 Å². The Morgan fingerprint density at radius 3 is 2.30 bits per heavy atom. The van der Waals surface area contributed by atoms with E-state index in [9.17, 15) is 14.4 Å². The summed E-state index contributed by atoms with van der Waals surface area (Å²) in [5.74, 6) is -1.08. The highest BCUT2D eigenvalue weighted by atomic mass is 16.5. The lowest BCUT2D eigenvalue weighted by Gasteiger charge is -2.24. The molecule has 2 atom stereocenters. The fourth-order valence-corrected chi connectivity index (χ4v) is 2.46. The van der Waals surface area contributed by atoms with E-state index < -0.39 is 30.1 Å². The first-order valence-electron chi connectivity index (χ1n) is 9.24. The number of hydrogen-bond donors (Lipinski definition) is 2. The van der Waals surface area contributed by atoms with Crippen LogP contribution in [0.25, 0.3) is 0 Å². The molecule has 0 aliphatic rings. The first-order valence-corrected chi connectivity index (χ1v) is 9.24. The second-order valence-corrected chi connectivity index (χ2v) is 6.65. The topological polar surface area (TPSA) is 93.7 Å². The number of amides is 2. The second kappa shape index (κ2) is 11.9. The molecule has 0 saturated heterocycles. The van der Waals surface area contributed by atoms with Crippen molar-refractivity contribution in [2.45, 2.75) is 58.7 Å². The van der Waals surface area contributed by atoms with Crippen LogP contribution in [0.5, 0.6) is 0 Å². The summed E-state index contributed by atoms with van der Waals surface area (Å²) in [5, 5.41) is 5.27. The van der Waals surface area contributed by atoms with Gasteiger partial charge in [0.2, 0.25) is 5.91 Å². The number of esters is 1. The number of benzene rings is 1. The molecule has 27 heavy (non-hydrogen) atoms. The fourth-order valence-electron chi connectivity index (χ4n) is 2.46. The van der Waals surface area contributed by atoms with Crippen LogP contribution >= 0.6 is 0 Å². The van der Waals surface area contributed by atoms with E-state index in [4.69, 9.17) is 9.47 Å². The molecule has 1 aromatic rings. The lowest BCUT2D eigenvalue weighted by molar-refractivity contribution is -0.146. The minimum Gasteiger partial charge on any atom is -0.467 e. The molecule has 0 spiro atoms. The lowest BCUT2D eigenvalue weighted by Crippen LogP contribution is -2.53. The van der Waals surface area contributed by atoms with Gasteiger partial charge in [-0.1, -0.05) is 63.9 Å². The van der Waals surface area contributed by atoms with Crippen molar-refractivity contribution in [3.8, 4) is 0 Å². The third-order valence-corrected chi connectivity index (χ3v) is 4.09. The third-order valence-electron chi connectivity index (χ3n) is 4.09. The summed E-state index contributed by atoms with van der Waals surface area (Å²) in [4.78, 5) is 36.6. The molecule has 0 bridgehead atoms. The zero-order valence-electron chi connectivity index (χ0n) is 16.5. The summed E-state index contributed by atoms with van der Waals surface area (Å²) in [6, 6.07) is 7.73. The van der Waals surface area contributed by atoms with Crippen LogP contribution < -0.4 is 10.6 Å². The molecular weight excluding hydrogens is 348 g/mol. The molecule has 0 unspecified atom stereocenters. The summed E-state index contributed by atoms with van der Waals surface area (Å²) in [7, 11) is 1.28. The van der Waals surface area contributed by atoms with Crippen LogP contribution in [0.3, 0.4) is 0 Å². The molecule has 0 fully saturated rings. The Hall–Kier alpha value is -2.57. The maximum atomic E-state index is 12.6. The summed E-state index contributed by atoms with van der Waals surface area (Å²) in [6.45, 7) is 5.73. The van der Waals surface area contributed by atoms with E-state index in [1.165, 1.54) is 7.11 Å². The van der Waals surface area contributed by atoms with Gasteiger partial charge in [-0.25, -0.2) is 9.59 Å². The third kappa shape index (κ3) is 8.11. The molecule has 0 aromatic heterocycles. The number of alkyl carbamates (subject to hydrolysis) is 1. The summed E-state index contributed by atoms with van der Waals surface area (Å²) in [5.41, 5.74) is 0.854. The highest BCUT2D eigenvalue weighted by Gasteiger charge is 2.29. The Morgan fingerprint density at radius 2 is 1.74 bits per heavy atom. The lowest BCUT2D eigenvalue weighted by atomic mass is 10.0. The normalized spacial score (nSPS) is 12.8. The standard InChI is InChI=1S/C20H30N2O5/c1-5-6-12-16(18(23)22-17(14(2)3)19(24)26-4)21-20(25)27-13-15-10-8-7-9-11-15/h7-11,14,16-17H,5-6,12-13H2,1-4H3,(H,21,25)(H,22,23)/t16-,17-/m0/s1. The van der Waals surface area contributed by atoms with Crippen molar-refractivity contribution in [3.05, 3.63) is 35.9 Å². The first-order chi connectivity index (χ1) is 12.9. The Balaban J connectivity index is 2.68. The molecule has 2 N–H and O–H groups in total. The molecule has 1 aromatic carbocycles. The van der Waals surface area contributed by atoms with Crippen LogP contribution in [-0.2, 0) is 25.7 Å². The maximum absolute atomic E-state index is 12.6. The minimum absolute atomic E-state index is 0.117. The number of unbranched alkanes of at least 4 members (excludes halogenated alkanes) is 1. The largest absolute Gasteiger partial charge is 0.467 e. The predicted octanol–water partition coefficient (Wildman–Crippen LogP) is 2.79. The zero-order chi connectivity index (χ0) is 20.2. The molecule has 0 radical (unpaired) electrons. The zero-order valence-corrected chi connectivity index (χ0v) is 16.5. The van der Waals surface area contributed by atoms with Gasteiger partial charge >= 0.3 is 12.1 Å². The number of nitrogens with one attached hydrogen (secondary N) is 2. The summed E-state index contributed by atoms with van der Waals surface area (Å²) < 4.78 is 9.93. The summed E-state index contributed by atoms with van der Waals surface area (Å²) >= 11 is 0. The van der Waals surface area contributed by atoms with E-state index in [-0.39, 0.29) is 12.5 Å². The Morgan fingerprint density at radius 1 is 1.07 bits per heavy atom. The second-order valence-electron chi connectivity index (χ2n) is 6.65. The number of hydrogen-bond acceptors (Lipinski definition) is 5. The monoisotopic (exact) mass is 378 g/mol. The highest BCUT2D eigenvalue weighted by molar-refractivity contribution is 5.89. The SMILES string of the molecule is CCCC[C@H](NC(=O)OCc1ccccc1)C(=O)N[C@H](C(=O)OC)C(C)C.